The van der Waals surface area contributed by atoms with Crippen LogP contribution in [0, 0.1) is 12.7 Å². The maximum atomic E-state index is 13.6. The second kappa shape index (κ2) is 7.01. The first-order valence-electron chi connectivity index (χ1n) is 8.57. The van der Waals surface area contributed by atoms with E-state index in [1.54, 1.807) is 11.6 Å². The zero-order chi connectivity index (χ0) is 19.8. The number of carbonyl (C=O) groups is 1. The van der Waals surface area contributed by atoms with E-state index in [1.165, 1.54) is 29.7 Å². The molecule has 0 radical (unpaired) electrons. The maximum absolute atomic E-state index is 13.6. The number of hydrogen-bond acceptors (Lipinski definition) is 4. The van der Waals surface area contributed by atoms with E-state index in [2.05, 4.69) is 10.3 Å². The molecule has 0 bridgehead atoms. The van der Waals surface area contributed by atoms with Crippen LogP contribution in [0.15, 0.2) is 59.5 Å². The van der Waals surface area contributed by atoms with Crippen molar-refractivity contribution < 1.29 is 9.18 Å². The monoisotopic (exact) mass is 393 g/mol. The van der Waals surface area contributed by atoms with Gasteiger partial charge in [-0.3, -0.25) is 14.9 Å². The summed E-state index contributed by atoms with van der Waals surface area (Å²) in [5, 5.41) is 3.27. The van der Waals surface area contributed by atoms with Crippen molar-refractivity contribution in [1.82, 2.24) is 9.55 Å². The Hall–Kier alpha value is -3.32. The van der Waals surface area contributed by atoms with Gasteiger partial charge in [0, 0.05) is 29.1 Å². The summed E-state index contributed by atoms with van der Waals surface area (Å²) in [6.45, 7) is 1.92. The highest BCUT2D eigenvalue weighted by Gasteiger charge is 2.18. The quantitative estimate of drug-likeness (QED) is 0.562. The fourth-order valence-corrected chi connectivity index (χ4v) is 3.94. The molecule has 4 rings (SSSR count). The molecule has 0 aliphatic heterocycles. The lowest BCUT2D eigenvalue weighted by molar-refractivity contribution is 0.102. The van der Waals surface area contributed by atoms with Gasteiger partial charge in [0.05, 0.1) is 11.2 Å². The van der Waals surface area contributed by atoms with Gasteiger partial charge < -0.3 is 4.57 Å². The number of nitrogens with zero attached hydrogens (tertiary/aromatic N) is 2. The number of pyridine rings is 1. The van der Waals surface area contributed by atoms with E-state index in [0.29, 0.717) is 10.6 Å². The Morgan fingerprint density at radius 2 is 1.93 bits per heavy atom. The molecule has 1 amide bonds. The van der Waals surface area contributed by atoms with Crippen molar-refractivity contribution >= 4 is 33.3 Å². The standard InChI is InChI=1S/C21H16FN3O2S/c1-12-18(13-6-4-3-5-7-13)23-21(28-12)24-20(27)16-11-25(2)17-9-8-14(22)10-15(17)19(16)26/h3-11H,1-2H3,(H,23,24,27). The van der Waals surface area contributed by atoms with Gasteiger partial charge in [-0.05, 0) is 25.1 Å². The van der Waals surface area contributed by atoms with E-state index < -0.39 is 17.2 Å². The van der Waals surface area contributed by atoms with Crippen LogP contribution in [0.2, 0.25) is 0 Å². The van der Waals surface area contributed by atoms with Gasteiger partial charge in [0.2, 0.25) is 5.43 Å². The number of rotatable bonds is 3. The lowest BCUT2D eigenvalue weighted by Gasteiger charge is -2.08. The summed E-state index contributed by atoms with van der Waals surface area (Å²) >= 11 is 1.34. The third-order valence-corrected chi connectivity index (χ3v) is 5.35. The van der Waals surface area contributed by atoms with Gasteiger partial charge in [0.1, 0.15) is 11.4 Å². The van der Waals surface area contributed by atoms with Crippen LogP contribution in [0.5, 0.6) is 0 Å². The summed E-state index contributed by atoms with van der Waals surface area (Å²) < 4.78 is 15.2. The predicted octanol–water partition coefficient (Wildman–Crippen LogP) is 4.36. The third kappa shape index (κ3) is 3.20. The number of hydrogen-bond donors (Lipinski definition) is 1. The zero-order valence-corrected chi connectivity index (χ0v) is 16.0. The average molecular weight is 393 g/mol. The summed E-state index contributed by atoms with van der Waals surface area (Å²) in [5.41, 5.74) is 1.72. The molecule has 7 heteroatoms. The zero-order valence-electron chi connectivity index (χ0n) is 15.2. The second-order valence-electron chi connectivity index (χ2n) is 6.39. The van der Waals surface area contributed by atoms with Crippen LogP contribution in [-0.2, 0) is 7.05 Å². The Bertz CT molecular complexity index is 1260. The van der Waals surface area contributed by atoms with E-state index in [0.717, 1.165) is 22.2 Å². The number of amides is 1. The van der Waals surface area contributed by atoms with E-state index in [4.69, 9.17) is 0 Å². The van der Waals surface area contributed by atoms with Crippen molar-refractivity contribution in [2.75, 3.05) is 5.32 Å². The van der Waals surface area contributed by atoms with Gasteiger partial charge in [0.25, 0.3) is 5.91 Å². The van der Waals surface area contributed by atoms with Crippen LogP contribution < -0.4 is 10.7 Å². The Balaban J connectivity index is 1.70. The maximum Gasteiger partial charge on any atom is 0.262 e. The normalized spacial score (nSPS) is 11.0. The molecular weight excluding hydrogens is 377 g/mol. The Morgan fingerprint density at radius 1 is 1.18 bits per heavy atom. The van der Waals surface area contributed by atoms with Crippen LogP contribution in [0.3, 0.4) is 0 Å². The fourth-order valence-electron chi connectivity index (χ4n) is 3.10. The molecule has 0 atom stereocenters. The van der Waals surface area contributed by atoms with Crippen LogP contribution in [0.4, 0.5) is 9.52 Å². The summed E-state index contributed by atoms with van der Waals surface area (Å²) in [4.78, 5) is 30.9. The molecule has 4 aromatic rings. The number of fused-ring (bicyclic) bond motifs is 1. The van der Waals surface area contributed by atoms with E-state index in [1.807, 2.05) is 37.3 Å². The van der Waals surface area contributed by atoms with Crippen molar-refractivity contribution in [2.45, 2.75) is 6.92 Å². The van der Waals surface area contributed by atoms with Gasteiger partial charge in [0.15, 0.2) is 5.13 Å². The highest BCUT2D eigenvalue weighted by atomic mass is 32.1. The van der Waals surface area contributed by atoms with Crippen molar-refractivity contribution in [1.29, 1.82) is 0 Å². The van der Waals surface area contributed by atoms with Gasteiger partial charge in [-0.2, -0.15) is 0 Å². The molecule has 2 heterocycles. The molecule has 2 aromatic carbocycles. The molecule has 0 saturated heterocycles. The van der Waals surface area contributed by atoms with E-state index >= 15 is 0 Å². The average Bonchev–Trinajstić information content (AvgIpc) is 3.05. The highest BCUT2D eigenvalue weighted by Crippen LogP contribution is 2.30. The number of aromatic nitrogens is 2. The largest absolute Gasteiger partial charge is 0.350 e. The third-order valence-electron chi connectivity index (χ3n) is 4.46. The molecule has 140 valence electrons. The molecule has 0 saturated carbocycles. The van der Waals surface area contributed by atoms with Crippen LogP contribution in [-0.4, -0.2) is 15.5 Å². The fraction of sp³-hybridized carbons (Fsp3) is 0.0952. The lowest BCUT2D eigenvalue weighted by atomic mass is 10.1. The Morgan fingerprint density at radius 3 is 2.68 bits per heavy atom. The first-order valence-corrected chi connectivity index (χ1v) is 9.39. The minimum Gasteiger partial charge on any atom is -0.350 e. The second-order valence-corrected chi connectivity index (χ2v) is 7.59. The number of halogens is 1. The summed E-state index contributed by atoms with van der Waals surface area (Å²) in [5.74, 6) is -1.09. The molecule has 0 aliphatic rings. The molecule has 0 fully saturated rings. The molecular formula is C21H16FN3O2S. The Labute approximate surface area is 164 Å². The van der Waals surface area contributed by atoms with Crippen molar-refractivity contribution in [3.8, 4) is 11.3 Å². The van der Waals surface area contributed by atoms with Crippen LogP contribution in [0.1, 0.15) is 15.2 Å². The molecule has 5 nitrogen and oxygen atoms in total. The number of carbonyl (C=O) groups excluding carboxylic acids is 1. The van der Waals surface area contributed by atoms with E-state index in [9.17, 15) is 14.0 Å². The highest BCUT2D eigenvalue weighted by molar-refractivity contribution is 7.16. The topological polar surface area (TPSA) is 64.0 Å². The molecule has 0 spiro atoms. The summed E-state index contributed by atoms with van der Waals surface area (Å²) in [6.07, 6.45) is 1.45. The van der Waals surface area contributed by atoms with E-state index in [-0.39, 0.29) is 10.9 Å². The van der Waals surface area contributed by atoms with Crippen molar-refractivity contribution in [2.24, 2.45) is 7.05 Å². The number of nitrogens with one attached hydrogen (secondary N) is 1. The SMILES string of the molecule is Cc1sc(NC(=O)c2cn(C)c3ccc(F)cc3c2=O)nc1-c1ccccc1. The predicted molar refractivity (Wildman–Crippen MR) is 109 cm³/mol. The molecule has 28 heavy (non-hydrogen) atoms. The molecule has 2 aromatic heterocycles. The molecule has 1 N–H and O–H groups in total. The van der Waals surface area contributed by atoms with Gasteiger partial charge >= 0.3 is 0 Å². The van der Waals surface area contributed by atoms with Crippen molar-refractivity contribution in [3.63, 3.8) is 0 Å². The molecule has 0 aliphatic carbocycles. The van der Waals surface area contributed by atoms with Crippen LogP contribution in [0.25, 0.3) is 22.2 Å². The van der Waals surface area contributed by atoms with Crippen molar-refractivity contribution in [3.05, 3.63) is 81.2 Å². The molecule has 0 unspecified atom stereocenters. The van der Waals surface area contributed by atoms with Gasteiger partial charge in [-0.1, -0.05) is 30.3 Å². The number of aryl methyl sites for hydroxylation is 2. The Kier molecular flexibility index (Phi) is 4.52. The minimum absolute atomic E-state index is 0.0604. The number of anilines is 1. The minimum atomic E-state index is -0.569. The first-order chi connectivity index (χ1) is 13.4. The summed E-state index contributed by atoms with van der Waals surface area (Å²) in [6, 6.07) is 13.6. The number of thiazole rings is 1. The van der Waals surface area contributed by atoms with Gasteiger partial charge in [-0.15, -0.1) is 11.3 Å². The van der Waals surface area contributed by atoms with Crippen LogP contribution >= 0.6 is 11.3 Å². The smallest absolute Gasteiger partial charge is 0.262 e. The first kappa shape index (κ1) is 18.1. The number of benzene rings is 2. The summed E-state index contributed by atoms with van der Waals surface area (Å²) in [7, 11) is 1.71. The lowest BCUT2D eigenvalue weighted by Crippen LogP contribution is -2.23. The van der Waals surface area contributed by atoms with Gasteiger partial charge in [-0.25, -0.2) is 9.37 Å².